The van der Waals surface area contributed by atoms with E-state index in [0.717, 1.165) is 90.0 Å². The summed E-state index contributed by atoms with van der Waals surface area (Å²) in [4.78, 5) is 9.66. The summed E-state index contributed by atoms with van der Waals surface area (Å²) in [5, 5.41) is 9.31. The third-order valence-electron chi connectivity index (χ3n) is 7.17. The lowest BCUT2D eigenvalue weighted by atomic mass is 9.96. The number of likely N-dealkylation sites (tertiary alicyclic amines) is 1. The summed E-state index contributed by atoms with van der Waals surface area (Å²) >= 11 is 6.35. The van der Waals surface area contributed by atoms with Crippen LogP contribution in [0, 0.1) is 13.8 Å². The molecule has 1 aromatic carbocycles. The summed E-state index contributed by atoms with van der Waals surface area (Å²) in [6.45, 7) is 14.1. The Kier molecular flexibility index (Phi) is 8.42. The Morgan fingerprint density at radius 1 is 1.28 bits per heavy atom. The van der Waals surface area contributed by atoms with Crippen LogP contribution in [-0.2, 0) is 0 Å². The standard InChI is InChI=1S/C28H40ClN7/c1-6-7-15-34(5)28-20(3)27(31-14-13-30)32-26-18-24(33-36(26)28)25-10-8-9-16-35(25)21(4)23-17-22(29)12-11-19(23)2/h11-12,17-18,25H,4,6-10,13-16,30H2,1-3,5H3,(H,31,32). The molecule has 4 rings (SSSR count). The molecule has 0 amide bonds. The van der Waals surface area contributed by atoms with Gasteiger partial charge in [0, 0.05) is 61.1 Å². The Morgan fingerprint density at radius 3 is 2.83 bits per heavy atom. The lowest BCUT2D eigenvalue weighted by Gasteiger charge is -2.38. The van der Waals surface area contributed by atoms with E-state index in [1.165, 1.54) is 5.56 Å². The van der Waals surface area contributed by atoms with Gasteiger partial charge in [0.1, 0.15) is 11.6 Å². The molecule has 3 aromatic rings. The van der Waals surface area contributed by atoms with Crippen molar-refractivity contribution < 1.29 is 0 Å². The summed E-state index contributed by atoms with van der Waals surface area (Å²) < 4.78 is 2.02. The van der Waals surface area contributed by atoms with Gasteiger partial charge in [0.15, 0.2) is 5.65 Å². The molecule has 1 saturated heterocycles. The fourth-order valence-corrected chi connectivity index (χ4v) is 5.36. The van der Waals surface area contributed by atoms with Gasteiger partial charge in [-0.2, -0.15) is 9.61 Å². The summed E-state index contributed by atoms with van der Waals surface area (Å²) in [7, 11) is 2.14. The molecule has 0 radical (unpaired) electrons. The fraction of sp³-hybridized carbons (Fsp3) is 0.500. The molecule has 7 nitrogen and oxygen atoms in total. The molecule has 0 bridgehead atoms. The SMILES string of the molecule is C=C(c1cc(Cl)ccc1C)N1CCCCC1c1cc2nc(NCCN)c(C)c(N(C)CCCC)n2n1. The lowest BCUT2D eigenvalue weighted by molar-refractivity contribution is 0.226. The summed E-state index contributed by atoms with van der Waals surface area (Å²) in [6, 6.07) is 8.31. The van der Waals surface area contributed by atoms with Crippen molar-refractivity contribution in [3.8, 4) is 0 Å². The minimum absolute atomic E-state index is 0.140. The number of benzene rings is 1. The molecule has 1 unspecified atom stereocenters. The van der Waals surface area contributed by atoms with Gasteiger partial charge in [0.05, 0.1) is 11.7 Å². The fourth-order valence-electron chi connectivity index (χ4n) is 5.18. The first kappa shape index (κ1) is 26.3. The van der Waals surface area contributed by atoms with E-state index in [1.807, 2.05) is 16.6 Å². The van der Waals surface area contributed by atoms with Gasteiger partial charge in [-0.25, -0.2) is 4.98 Å². The predicted octanol–water partition coefficient (Wildman–Crippen LogP) is 5.80. The molecule has 1 atom stereocenters. The number of aryl methyl sites for hydroxylation is 1. The van der Waals surface area contributed by atoms with Crippen LogP contribution in [0.4, 0.5) is 11.6 Å². The maximum atomic E-state index is 6.35. The molecule has 36 heavy (non-hydrogen) atoms. The number of nitrogens with two attached hydrogens (primary N) is 1. The van der Waals surface area contributed by atoms with Gasteiger partial charge in [-0.1, -0.05) is 37.6 Å². The second-order valence-electron chi connectivity index (χ2n) is 9.85. The monoisotopic (exact) mass is 509 g/mol. The third-order valence-corrected chi connectivity index (χ3v) is 7.41. The number of halogens is 1. The Bertz CT molecular complexity index is 1220. The smallest absolute Gasteiger partial charge is 0.160 e. The molecule has 1 fully saturated rings. The quantitative estimate of drug-likeness (QED) is 0.359. The highest BCUT2D eigenvalue weighted by Crippen LogP contribution is 2.38. The maximum Gasteiger partial charge on any atom is 0.160 e. The maximum absolute atomic E-state index is 6.35. The highest BCUT2D eigenvalue weighted by molar-refractivity contribution is 6.30. The van der Waals surface area contributed by atoms with Crippen LogP contribution in [0.1, 0.15) is 67.5 Å². The zero-order valence-electron chi connectivity index (χ0n) is 22.1. The molecule has 0 spiro atoms. The van der Waals surface area contributed by atoms with Crippen molar-refractivity contribution in [2.24, 2.45) is 5.73 Å². The van der Waals surface area contributed by atoms with E-state index in [1.54, 1.807) is 0 Å². The van der Waals surface area contributed by atoms with Crippen LogP contribution in [-0.4, -0.2) is 52.7 Å². The van der Waals surface area contributed by atoms with E-state index in [4.69, 9.17) is 27.4 Å². The number of rotatable bonds is 10. The zero-order valence-corrected chi connectivity index (χ0v) is 22.9. The Morgan fingerprint density at radius 2 is 2.08 bits per heavy atom. The van der Waals surface area contributed by atoms with Crippen molar-refractivity contribution in [1.29, 1.82) is 0 Å². The van der Waals surface area contributed by atoms with E-state index < -0.39 is 0 Å². The Labute approximate surface area is 220 Å². The van der Waals surface area contributed by atoms with Gasteiger partial charge in [-0.3, -0.25) is 0 Å². The number of nitrogens with zero attached hydrogens (tertiary/aromatic N) is 5. The minimum atomic E-state index is 0.140. The molecule has 1 aliphatic rings. The Balaban J connectivity index is 1.77. The van der Waals surface area contributed by atoms with Crippen LogP contribution in [0.3, 0.4) is 0 Å². The second kappa shape index (κ2) is 11.5. The average molecular weight is 510 g/mol. The number of piperidine rings is 1. The van der Waals surface area contributed by atoms with Crippen molar-refractivity contribution in [3.63, 3.8) is 0 Å². The highest BCUT2D eigenvalue weighted by atomic mass is 35.5. The molecule has 0 aliphatic carbocycles. The molecule has 3 N–H and O–H groups in total. The normalized spacial score (nSPS) is 15.9. The molecule has 2 aromatic heterocycles. The minimum Gasteiger partial charge on any atom is -0.368 e. The van der Waals surface area contributed by atoms with E-state index >= 15 is 0 Å². The number of aromatic nitrogens is 3. The van der Waals surface area contributed by atoms with Crippen molar-refractivity contribution in [3.05, 3.63) is 58.3 Å². The van der Waals surface area contributed by atoms with Crippen LogP contribution in [0.2, 0.25) is 5.02 Å². The number of anilines is 2. The van der Waals surface area contributed by atoms with Gasteiger partial charge in [-0.15, -0.1) is 0 Å². The average Bonchev–Trinajstić information content (AvgIpc) is 3.30. The largest absolute Gasteiger partial charge is 0.368 e. The van der Waals surface area contributed by atoms with Gasteiger partial charge in [0.2, 0.25) is 0 Å². The van der Waals surface area contributed by atoms with Crippen LogP contribution in [0.5, 0.6) is 0 Å². The first-order valence-electron chi connectivity index (χ1n) is 13.1. The summed E-state index contributed by atoms with van der Waals surface area (Å²) in [5.41, 5.74) is 12.0. The molecule has 194 valence electrons. The topological polar surface area (TPSA) is 74.7 Å². The lowest BCUT2D eigenvalue weighted by Crippen LogP contribution is -2.32. The zero-order chi connectivity index (χ0) is 25.8. The molecule has 0 saturated carbocycles. The highest BCUT2D eigenvalue weighted by Gasteiger charge is 2.29. The van der Waals surface area contributed by atoms with Crippen molar-refractivity contribution in [1.82, 2.24) is 19.5 Å². The van der Waals surface area contributed by atoms with Crippen LogP contribution in [0.15, 0.2) is 30.8 Å². The second-order valence-corrected chi connectivity index (χ2v) is 10.3. The van der Waals surface area contributed by atoms with E-state index in [2.05, 4.69) is 61.6 Å². The molecule has 1 aliphatic heterocycles. The summed E-state index contributed by atoms with van der Waals surface area (Å²) in [5.74, 6) is 1.95. The van der Waals surface area contributed by atoms with E-state index in [-0.39, 0.29) is 6.04 Å². The van der Waals surface area contributed by atoms with Gasteiger partial charge in [0.25, 0.3) is 0 Å². The molecular formula is C28H40ClN7. The van der Waals surface area contributed by atoms with E-state index in [9.17, 15) is 0 Å². The number of nitrogens with one attached hydrogen (secondary N) is 1. The number of hydrogen-bond donors (Lipinski definition) is 2. The predicted molar refractivity (Wildman–Crippen MR) is 152 cm³/mol. The van der Waals surface area contributed by atoms with Gasteiger partial charge < -0.3 is 20.9 Å². The molecular weight excluding hydrogens is 470 g/mol. The van der Waals surface area contributed by atoms with Crippen LogP contribution >= 0.6 is 11.6 Å². The molecule has 3 heterocycles. The summed E-state index contributed by atoms with van der Waals surface area (Å²) in [6.07, 6.45) is 5.59. The van der Waals surface area contributed by atoms with Crippen molar-refractivity contribution in [2.75, 3.05) is 43.4 Å². The van der Waals surface area contributed by atoms with Crippen molar-refractivity contribution >= 4 is 34.6 Å². The molecule has 8 heteroatoms. The van der Waals surface area contributed by atoms with Gasteiger partial charge in [-0.05, 0) is 57.2 Å². The van der Waals surface area contributed by atoms with Crippen molar-refractivity contribution in [2.45, 2.75) is 58.9 Å². The van der Waals surface area contributed by atoms with Crippen LogP contribution < -0.4 is 16.0 Å². The van der Waals surface area contributed by atoms with E-state index in [0.29, 0.717) is 13.1 Å². The first-order chi connectivity index (χ1) is 17.3. The first-order valence-corrected chi connectivity index (χ1v) is 13.5. The number of hydrogen-bond acceptors (Lipinski definition) is 6. The number of fused-ring (bicyclic) bond motifs is 1. The van der Waals surface area contributed by atoms with Gasteiger partial charge >= 0.3 is 0 Å². The Hall–Kier alpha value is -2.77. The van der Waals surface area contributed by atoms with Crippen LogP contribution in [0.25, 0.3) is 11.3 Å². The third kappa shape index (κ3) is 5.32. The number of unbranched alkanes of at least 4 members (excludes halogenated alkanes) is 1.